The van der Waals surface area contributed by atoms with E-state index in [-0.39, 0.29) is 0 Å². The van der Waals surface area contributed by atoms with Crippen LogP contribution < -0.4 is 0 Å². The first-order chi connectivity index (χ1) is 9.63. The zero-order chi connectivity index (χ0) is 14.5. The van der Waals surface area contributed by atoms with E-state index >= 15 is 0 Å². The molecule has 0 saturated carbocycles. The van der Waals surface area contributed by atoms with Gasteiger partial charge in [-0.3, -0.25) is 0 Å². The van der Waals surface area contributed by atoms with Crippen molar-refractivity contribution in [1.29, 1.82) is 0 Å². The Kier molecular flexibility index (Phi) is 5.40. The Bertz CT molecular complexity index is 629. The quantitative estimate of drug-likeness (QED) is 0.757. The minimum absolute atomic E-state index is 0.351. The Hall–Kier alpha value is -1.10. The minimum atomic E-state index is -0.906. The van der Waals surface area contributed by atoms with Crippen molar-refractivity contribution in [3.05, 3.63) is 53.1 Å². The fourth-order valence-electron chi connectivity index (χ4n) is 1.73. The topological polar surface area (TPSA) is 37.3 Å². The maximum Gasteiger partial charge on any atom is 0.337 e. The molecule has 0 radical (unpaired) electrons. The number of carbonyl (C=O) groups is 1. The first-order valence-corrected chi connectivity index (χ1v) is 8.23. The standard InChI is InChI=1S/C15H13ClO2S2/c1-2-19-12-8-5-9-13(14(12)15(17)18)20-11-7-4-3-6-10(11)16/h3-9H,2H2,1H3,(H,17,18). The van der Waals surface area contributed by atoms with Gasteiger partial charge in [-0.1, -0.05) is 48.5 Å². The monoisotopic (exact) mass is 324 g/mol. The summed E-state index contributed by atoms with van der Waals surface area (Å²) in [5.74, 6) is -0.0726. The van der Waals surface area contributed by atoms with Crippen LogP contribution in [0.3, 0.4) is 0 Å². The summed E-state index contributed by atoms with van der Waals surface area (Å²) in [6.07, 6.45) is 0. The predicted molar refractivity (Wildman–Crippen MR) is 85.4 cm³/mol. The first kappa shape index (κ1) is 15.3. The highest BCUT2D eigenvalue weighted by atomic mass is 35.5. The van der Waals surface area contributed by atoms with Crippen molar-refractivity contribution in [2.45, 2.75) is 21.6 Å². The molecule has 104 valence electrons. The summed E-state index contributed by atoms with van der Waals surface area (Å²) in [6.45, 7) is 2.00. The first-order valence-electron chi connectivity index (χ1n) is 6.05. The second-order valence-corrected chi connectivity index (χ2v) is 6.70. The fourth-order valence-corrected chi connectivity index (χ4v) is 3.87. The van der Waals surface area contributed by atoms with Crippen LogP contribution in [-0.2, 0) is 0 Å². The smallest absolute Gasteiger partial charge is 0.337 e. The summed E-state index contributed by atoms with van der Waals surface area (Å²) < 4.78 is 0. The number of hydrogen-bond donors (Lipinski definition) is 1. The van der Waals surface area contributed by atoms with Gasteiger partial charge in [0.25, 0.3) is 0 Å². The van der Waals surface area contributed by atoms with Gasteiger partial charge in [-0.2, -0.15) is 0 Å². The zero-order valence-electron chi connectivity index (χ0n) is 10.8. The second-order valence-electron chi connectivity index (χ2n) is 3.90. The van der Waals surface area contributed by atoms with Crippen molar-refractivity contribution in [3.63, 3.8) is 0 Å². The fraction of sp³-hybridized carbons (Fsp3) is 0.133. The summed E-state index contributed by atoms with van der Waals surface area (Å²) >= 11 is 9.05. The van der Waals surface area contributed by atoms with E-state index in [0.717, 1.165) is 15.5 Å². The SMILES string of the molecule is CCSc1cccc(Sc2ccccc2Cl)c1C(=O)O. The number of halogens is 1. The molecule has 0 unspecified atom stereocenters. The summed E-state index contributed by atoms with van der Waals surface area (Å²) in [7, 11) is 0. The molecule has 0 heterocycles. The van der Waals surface area contributed by atoms with Crippen molar-refractivity contribution < 1.29 is 9.90 Å². The molecule has 0 saturated heterocycles. The van der Waals surface area contributed by atoms with Crippen LogP contribution in [0.25, 0.3) is 0 Å². The third kappa shape index (κ3) is 3.51. The van der Waals surface area contributed by atoms with Gasteiger partial charge >= 0.3 is 5.97 Å². The Morgan fingerprint density at radius 3 is 2.40 bits per heavy atom. The zero-order valence-corrected chi connectivity index (χ0v) is 13.2. The molecule has 1 N–H and O–H groups in total. The van der Waals surface area contributed by atoms with Crippen molar-refractivity contribution in [2.24, 2.45) is 0 Å². The maximum atomic E-state index is 11.5. The van der Waals surface area contributed by atoms with Crippen LogP contribution in [-0.4, -0.2) is 16.8 Å². The molecule has 0 amide bonds. The molecule has 0 aromatic heterocycles. The van der Waals surface area contributed by atoms with Gasteiger partial charge in [-0.05, 0) is 30.0 Å². The second kappa shape index (κ2) is 7.07. The lowest BCUT2D eigenvalue weighted by Gasteiger charge is -2.11. The van der Waals surface area contributed by atoms with Crippen LogP contribution in [0, 0.1) is 0 Å². The molecule has 2 rings (SSSR count). The van der Waals surface area contributed by atoms with E-state index in [1.54, 1.807) is 6.07 Å². The molecule has 20 heavy (non-hydrogen) atoms. The molecule has 0 aliphatic rings. The lowest BCUT2D eigenvalue weighted by atomic mass is 10.2. The van der Waals surface area contributed by atoms with Crippen LogP contribution in [0.1, 0.15) is 17.3 Å². The van der Waals surface area contributed by atoms with E-state index in [4.69, 9.17) is 11.6 Å². The van der Waals surface area contributed by atoms with Gasteiger partial charge in [0.1, 0.15) is 0 Å². The number of rotatable bonds is 5. The highest BCUT2D eigenvalue weighted by Crippen LogP contribution is 2.38. The van der Waals surface area contributed by atoms with Crippen molar-refractivity contribution in [2.75, 3.05) is 5.75 Å². The molecule has 2 aromatic carbocycles. The molecule has 0 spiro atoms. The highest BCUT2D eigenvalue weighted by Gasteiger charge is 2.17. The van der Waals surface area contributed by atoms with Gasteiger partial charge in [0, 0.05) is 14.7 Å². The molecule has 0 aliphatic heterocycles. The number of hydrogen-bond acceptors (Lipinski definition) is 3. The van der Waals surface area contributed by atoms with Gasteiger partial charge in [0.05, 0.1) is 10.6 Å². The Labute approximate surface area is 131 Å². The van der Waals surface area contributed by atoms with Gasteiger partial charge in [-0.25, -0.2) is 4.79 Å². The minimum Gasteiger partial charge on any atom is -0.478 e. The van der Waals surface area contributed by atoms with E-state index < -0.39 is 5.97 Å². The van der Waals surface area contributed by atoms with E-state index in [1.165, 1.54) is 23.5 Å². The average molecular weight is 325 g/mol. The molecular weight excluding hydrogens is 312 g/mol. The van der Waals surface area contributed by atoms with Crippen molar-refractivity contribution in [3.8, 4) is 0 Å². The average Bonchev–Trinajstić information content (AvgIpc) is 2.41. The van der Waals surface area contributed by atoms with Gasteiger partial charge in [0.15, 0.2) is 0 Å². The number of thioether (sulfide) groups is 1. The molecule has 0 bridgehead atoms. The number of carboxylic acid groups (broad SMARTS) is 1. The molecule has 0 aliphatic carbocycles. The maximum absolute atomic E-state index is 11.5. The van der Waals surface area contributed by atoms with E-state index in [0.29, 0.717) is 15.5 Å². The van der Waals surface area contributed by atoms with E-state index in [2.05, 4.69) is 0 Å². The van der Waals surface area contributed by atoms with Crippen molar-refractivity contribution in [1.82, 2.24) is 0 Å². The predicted octanol–water partition coefficient (Wildman–Crippen LogP) is 5.30. The molecule has 5 heteroatoms. The van der Waals surface area contributed by atoms with Crippen LogP contribution in [0.5, 0.6) is 0 Å². The Balaban J connectivity index is 2.44. The van der Waals surface area contributed by atoms with Gasteiger partial charge < -0.3 is 5.11 Å². The highest BCUT2D eigenvalue weighted by molar-refractivity contribution is 8.00. The number of carboxylic acids is 1. The summed E-state index contributed by atoms with van der Waals surface area (Å²) in [6, 6.07) is 13.0. The lowest BCUT2D eigenvalue weighted by Crippen LogP contribution is -2.01. The molecular formula is C15H13ClO2S2. The normalized spacial score (nSPS) is 10.5. The van der Waals surface area contributed by atoms with Crippen LogP contribution in [0.4, 0.5) is 0 Å². The lowest BCUT2D eigenvalue weighted by molar-refractivity contribution is 0.0689. The third-order valence-corrected chi connectivity index (χ3v) is 5.08. The molecule has 0 fully saturated rings. The molecule has 0 atom stereocenters. The van der Waals surface area contributed by atoms with Crippen molar-refractivity contribution >= 4 is 41.1 Å². The van der Waals surface area contributed by atoms with Crippen LogP contribution in [0.15, 0.2) is 57.2 Å². The number of benzene rings is 2. The largest absolute Gasteiger partial charge is 0.478 e. The third-order valence-electron chi connectivity index (χ3n) is 2.56. The van der Waals surface area contributed by atoms with E-state index in [9.17, 15) is 9.90 Å². The summed E-state index contributed by atoms with van der Waals surface area (Å²) in [5.41, 5.74) is 0.351. The number of aromatic carboxylic acids is 1. The van der Waals surface area contributed by atoms with Gasteiger partial charge in [0.2, 0.25) is 0 Å². The molecule has 2 nitrogen and oxygen atoms in total. The van der Waals surface area contributed by atoms with Gasteiger partial charge in [-0.15, -0.1) is 11.8 Å². The molecule has 2 aromatic rings. The summed E-state index contributed by atoms with van der Waals surface area (Å²) in [5, 5.41) is 10.1. The Morgan fingerprint density at radius 1 is 1.10 bits per heavy atom. The van der Waals surface area contributed by atoms with E-state index in [1.807, 2.05) is 43.3 Å². The Morgan fingerprint density at radius 2 is 1.75 bits per heavy atom. The summed E-state index contributed by atoms with van der Waals surface area (Å²) in [4.78, 5) is 13.9. The van der Waals surface area contributed by atoms with Crippen LogP contribution >= 0.6 is 35.1 Å². The van der Waals surface area contributed by atoms with Crippen LogP contribution in [0.2, 0.25) is 5.02 Å².